The fraction of sp³-hybridized carbons (Fsp3) is 0.250. The molecule has 0 atom stereocenters. The lowest BCUT2D eigenvalue weighted by molar-refractivity contribution is -0.237. The number of benzene rings is 1. The Bertz CT molecular complexity index is 488. The van der Waals surface area contributed by atoms with Crippen LogP contribution < -0.4 is 5.19 Å². The molecule has 1 radical (unpaired) electrons. The van der Waals surface area contributed by atoms with Crippen LogP contribution in [0, 0.1) is 6.10 Å². The molecule has 1 aromatic carbocycles. The van der Waals surface area contributed by atoms with Crippen molar-refractivity contribution >= 4 is 19.2 Å². The highest BCUT2D eigenvalue weighted by molar-refractivity contribution is 6.98. The van der Waals surface area contributed by atoms with Crippen LogP contribution in [0.5, 0.6) is 0 Å². The number of carbonyl (C=O) groups is 1. The normalized spacial score (nSPS) is 11.2. The fourth-order valence-corrected chi connectivity index (χ4v) is 3.19. The molecular weight excluding hydrogens is 284 g/mol. The third kappa shape index (κ3) is 4.66. The Kier molecular flexibility index (Phi) is 6.55. The quantitative estimate of drug-likeness (QED) is 0.421. The monoisotopic (exact) mass is 305 g/mol. The molecule has 0 saturated heterocycles. The minimum absolute atomic E-state index is 0.273. The van der Waals surface area contributed by atoms with E-state index in [4.69, 9.17) is 14.5 Å². The van der Waals surface area contributed by atoms with Gasteiger partial charge in [0.1, 0.15) is 8.07 Å². The second-order valence-corrected chi connectivity index (χ2v) is 8.82. The highest BCUT2D eigenvalue weighted by Gasteiger charge is 2.22. The molecule has 113 valence electrons. The van der Waals surface area contributed by atoms with E-state index in [1.165, 1.54) is 7.11 Å². The van der Waals surface area contributed by atoms with Crippen LogP contribution in [0.1, 0.15) is 17.3 Å². The zero-order valence-corrected chi connectivity index (χ0v) is 13.7. The molecule has 4 nitrogen and oxygen atoms in total. The molecule has 0 saturated carbocycles. The molecule has 0 amide bonds. The van der Waals surface area contributed by atoms with Crippen molar-refractivity contribution in [2.45, 2.75) is 13.5 Å². The Balaban J connectivity index is 2.72. The second-order valence-electron chi connectivity index (χ2n) is 4.86. The predicted molar refractivity (Wildman–Crippen MR) is 85.4 cm³/mol. The molecule has 0 N–H and O–H groups in total. The first kappa shape index (κ1) is 17.4. The van der Waals surface area contributed by atoms with Crippen LogP contribution in [-0.4, -0.2) is 27.8 Å². The lowest BCUT2D eigenvalue weighted by atomic mass is 10.2. The molecule has 0 aromatic heterocycles. The fourth-order valence-electron chi connectivity index (χ4n) is 1.67. The molecule has 5 heteroatoms. The van der Waals surface area contributed by atoms with Crippen molar-refractivity contribution in [3.63, 3.8) is 0 Å². The van der Waals surface area contributed by atoms with Gasteiger partial charge in [-0.2, -0.15) is 4.89 Å². The van der Waals surface area contributed by atoms with Gasteiger partial charge >= 0.3 is 5.97 Å². The standard InChI is InChI=1S/C16H21O4Si/c1-6-21(5,7-2)15-10-8-14(9-11-15)16(17)20-19-13(3)12-18-4/h6-11H,1-2,12H2,3-5H3. The molecule has 0 spiro atoms. The SMILES string of the molecule is C=C[Si](C)(C=C)c1ccc(C(=O)OO[C](C)COC)cc1. The summed E-state index contributed by atoms with van der Waals surface area (Å²) >= 11 is 0. The summed E-state index contributed by atoms with van der Waals surface area (Å²) in [7, 11) is -0.319. The molecule has 0 aliphatic rings. The number of carbonyl (C=O) groups excluding carboxylic acids is 1. The maximum atomic E-state index is 11.8. The van der Waals surface area contributed by atoms with Gasteiger partial charge in [0.15, 0.2) is 6.10 Å². The van der Waals surface area contributed by atoms with Crippen LogP contribution >= 0.6 is 0 Å². The van der Waals surface area contributed by atoms with E-state index in [1.807, 2.05) is 23.5 Å². The van der Waals surface area contributed by atoms with Crippen molar-refractivity contribution in [2.75, 3.05) is 13.7 Å². The van der Waals surface area contributed by atoms with Gasteiger partial charge < -0.3 is 4.74 Å². The maximum absolute atomic E-state index is 11.8. The lowest BCUT2D eigenvalue weighted by Crippen LogP contribution is -2.40. The topological polar surface area (TPSA) is 44.8 Å². The summed E-state index contributed by atoms with van der Waals surface area (Å²) in [6.07, 6.45) is 0.473. The van der Waals surface area contributed by atoms with Gasteiger partial charge in [0.2, 0.25) is 0 Å². The summed E-state index contributed by atoms with van der Waals surface area (Å²) in [5.74, 6) is -0.544. The summed E-state index contributed by atoms with van der Waals surface area (Å²) in [5.41, 5.74) is 4.31. The third-order valence-electron chi connectivity index (χ3n) is 3.20. The Labute approximate surface area is 127 Å². The van der Waals surface area contributed by atoms with Crippen molar-refractivity contribution in [2.24, 2.45) is 0 Å². The van der Waals surface area contributed by atoms with Gasteiger partial charge in [-0.15, -0.1) is 13.2 Å². The Morgan fingerprint density at radius 2 is 1.76 bits per heavy atom. The van der Waals surface area contributed by atoms with E-state index in [-0.39, 0.29) is 6.61 Å². The van der Waals surface area contributed by atoms with Gasteiger partial charge in [-0.25, -0.2) is 4.79 Å². The third-order valence-corrected chi connectivity index (χ3v) is 6.47. The Hall–Kier alpha value is -1.69. The second kappa shape index (κ2) is 7.92. The highest BCUT2D eigenvalue weighted by atomic mass is 28.3. The number of hydrogen-bond acceptors (Lipinski definition) is 4. The van der Waals surface area contributed by atoms with Crippen molar-refractivity contribution in [3.05, 3.63) is 60.5 Å². The van der Waals surface area contributed by atoms with E-state index >= 15 is 0 Å². The number of rotatable bonds is 8. The zero-order valence-electron chi connectivity index (χ0n) is 12.7. The Morgan fingerprint density at radius 3 is 2.24 bits per heavy atom. The maximum Gasteiger partial charge on any atom is 0.373 e. The zero-order chi connectivity index (χ0) is 15.9. The summed E-state index contributed by atoms with van der Waals surface area (Å²) in [5, 5.41) is 1.13. The first-order valence-corrected chi connectivity index (χ1v) is 9.20. The lowest BCUT2D eigenvalue weighted by Gasteiger charge is -2.19. The van der Waals surface area contributed by atoms with Gasteiger partial charge in [0, 0.05) is 7.11 Å². The Morgan fingerprint density at radius 1 is 1.19 bits per heavy atom. The average Bonchev–Trinajstić information content (AvgIpc) is 2.52. The van der Waals surface area contributed by atoms with Gasteiger partial charge in [-0.1, -0.05) is 35.3 Å². The van der Waals surface area contributed by atoms with Gasteiger partial charge in [0.05, 0.1) is 12.2 Å². The van der Waals surface area contributed by atoms with Crippen molar-refractivity contribution in [1.82, 2.24) is 0 Å². The highest BCUT2D eigenvalue weighted by Crippen LogP contribution is 2.10. The van der Waals surface area contributed by atoms with E-state index in [9.17, 15) is 4.79 Å². The summed E-state index contributed by atoms with van der Waals surface area (Å²) in [6.45, 7) is 11.8. The first-order valence-electron chi connectivity index (χ1n) is 6.54. The van der Waals surface area contributed by atoms with Crippen molar-refractivity contribution < 1.29 is 19.3 Å². The summed E-state index contributed by atoms with van der Waals surface area (Å²) in [6, 6.07) is 7.23. The largest absolute Gasteiger partial charge is 0.381 e. The average molecular weight is 305 g/mol. The van der Waals surface area contributed by atoms with Crippen molar-refractivity contribution in [3.8, 4) is 0 Å². The molecule has 1 aromatic rings. The van der Waals surface area contributed by atoms with Gasteiger partial charge in [-0.3, -0.25) is 4.89 Å². The number of methoxy groups -OCH3 is 1. The van der Waals surface area contributed by atoms with Crippen LogP contribution in [0.3, 0.4) is 0 Å². The van der Waals surface area contributed by atoms with Crippen LogP contribution in [0.25, 0.3) is 0 Å². The van der Waals surface area contributed by atoms with E-state index in [0.29, 0.717) is 11.7 Å². The molecule has 0 aliphatic carbocycles. The van der Waals surface area contributed by atoms with E-state index in [2.05, 4.69) is 19.7 Å². The molecule has 0 heterocycles. The summed E-state index contributed by atoms with van der Waals surface area (Å²) in [4.78, 5) is 21.4. The smallest absolute Gasteiger partial charge is 0.373 e. The number of hydrogen-bond donors (Lipinski definition) is 0. The molecular formula is C16H21O4Si. The minimum Gasteiger partial charge on any atom is -0.381 e. The van der Waals surface area contributed by atoms with Gasteiger partial charge in [-0.05, 0) is 19.1 Å². The van der Waals surface area contributed by atoms with E-state index in [0.717, 1.165) is 5.19 Å². The minimum atomic E-state index is -1.85. The van der Waals surface area contributed by atoms with Crippen LogP contribution in [-0.2, 0) is 14.5 Å². The molecule has 0 aliphatic heterocycles. The summed E-state index contributed by atoms with van der Waals surface area (Å²) < 4.78 is 4.85. The molecule has 21 heavy (non-hydrogen) atoms. The van der Waals surface area contributed by atoms with Gasteiger partial charge in [0.25, 0.3) is 0 Å². The molecule has 0 bridgehead atoms. The van der Waals surface area contributed by atoms with Crippen LogP contribution in [0.2, 0.25) is 6.55 Å². The van der Waals surface area contributed by atoms with Crippen LogP contribution in [0.4, 0.5) is 0 Å². The van der Waals surface area contributed by atoms with E-state index < -0.39 is 14.0 Å². The predicted octanol–water partition coefficient (Wildman–Crippen LogP) is 2.71. The molecule has 1 rings (SSSR count). The molecule has 0 unspecified atom stereocenters. The van der Waals surface area contributed by atoms with Crippen LogP contribution in [0.15, 0.2) is 48.8 Å². The van der Waals surface area contributed by atoms with Crippen molar-refractivity contribution in [1.29, 1.82) is 0 Å². The first-order chi connectivity index (χ1) is 9.96. The number of ether oxygens (including phenoxy) is 1. The van der Waals surface area contributed by atoms with E-state index in [1.54, 1.807) is 19.1 Å². The molecule has 0 fully saturated rings.